The average molecular weight is 277 g/mol. The molecule has 1 aliphatic heterocycles. The summed E-state index contributed by atoms with van der Waals surface area (Å²) in [5.41, 5.74) is 1.29. The molecule has 1 aromatic carbocycles. The number of nitrogens with zero attached hydrogens (tertiary/aromatic N) is 1. The zero-order chi connectivity index (χ0) is 14.5. The van der Waals surface area contributed by atoms with Gasteiger partial charge in [0.15, 0.2) is 0 Å². The van der Waals surface area contributed by atoms with E-state index in [0.29, 0.717) is 5.75 Å². The standard InChI is InChI=1S/C16H23NO3/c1-3-4-12-7-8-17(10-12)11-13-5-6-15(20-2)14(9-13)16(18)19/h5-6,9,12H,3-4,7-8,10-11H2,1-2H3,(H,18,19). The highest BCUT2D eigenvalue weighted by atomic mass is 16.5. The van der Waals surface area contributed by atoms with Gasteiger partial charge in [-0.05, 0) is 43.0 Å². The maximum Gasteiger partial charge on any atom is 0.339 e. The number of carboxylic acids is 1. The number of ether oxygens (including phenoxy) is 1. The van der Waals surface area contributed by atoms with Gasteiger partial charge in [-0.25, -0.2) is 4.79 Å². The van der Waals surface area contributed by atoms with Gasteiger partial charge in [0, 0.05) is 13.1 Å². The lowest BCUT2D eigenvalue weighted by Gasteiger charge is -2.17. The van der Waals surface area contributed by atoms with Gasteiger partial charge in [0.1, 0.15) is 11.3 Å². The summed E-state index contributed by atoms with van der Waals surface area (Å²) in [4.78, 5) is 13.6. The maximum absolute atomic E-state index is 11.2. The summed E-state index contributed by atoms with van der Waals surface area (Å²) in [7, 11) is 1.50. The van der Waals surface area contributed by atoms with E-state index < -0.39 is 5.97 Å². The minimum absolute atomic E-state index is 0.245. The number of carbonyl (C=O) groups is 1. The molecule has 1 N–H and O–H groups in total. The Balaban J connectivity index is 2.03. The third-order valence-electron chi connectivity index (χ3n) is 3.97. The molecular weight excluding hydrogens is 254 g/mol. The molecule has 0 aliphatic carbocycles. The smallest absolute Gasteiger partial charge is 0.339 e. The summed E-state index contributed by atoms with van der Waals surface area (Å²) in [5.74, 6) is 0.290. The fourth-order valence-corrected chi connectivity index (χ4v) is 2.98. The Bertz CT molecular complexity index is 473. The monoisotopic (exact) mass is 277 g/mol. The molecule has 1 saturated heterocycles. The Morgan fingerprint density at radius 3 is 2.95 bits per heavy atom. The van der Waals surface area contributed by atoms with Crippen molar-refractivity contribution < 1.29 is 14.6 Å². The van der Waals surface area contributed by atoms with Crippen LogP contribution in [0.3, 0.4) is 0 Å². The van der Waals surface area contributed by atoms with Crippen molar-refractivity contribution in [1.29, 1.82) is 0 Å². The third-order valence-corrected chi connectivity index (χ3v) is 3.97. The maximum atomic E-state index is 11.2. The number of benzene rings is 1. The van der Waals surface area contributed by atoms with Crippen molar-refractivity contribution in [2.75, 3.05) is 20.2 Å². The number of hydrogen-bond donors (Lipinski definition) is 1. The van der Waals surface area contributed by atoms with Gasteiger partial charge in [-0.1, -0.05) is 19.4 Å². The molecule has 1 atom stereocenters. The number of carboxylic acid groups (broad SMARTS) is 1. The van der Waals surface area contributed by atoms with Crippen LogP contribution in [0, 0.1) is 5.92 Å². The van der Waals surface area contributed by atoms with E-state index in [2.05, 4.69) is 11.8 Å². The van der Waals surface area contributed by atoms with Crippen LogP contribution in [0.2, 0.25) is 0 Å². The molecule has 4 nitrogen and oxygen atoms in total. The van der Waals surface area contributed by atoms with Gasteiger partial charge < -0.3 is 9.84 Å². The highest BCUT2D eigenvalue weighted by Gasteiger charge is 2.22. The number of methoxy groups -OCH3 is 1. The molecule has 2 rings (SSSR count). The van der Waals surface area contributed by atoms with Crippen LogP contribution >= 0.6 is 0 Å². The molecule has 110 valence electrons. The Hall–Kier alpha value is -1.55. The van der Waals surface area contributed by atoms with Gasteiger partial charge >= 0.3 is 5.97 Å². The minimum atomic E-state index is -0.936. The third kappa shape index (κ3) is 3.51. The summed E-state index contributed by atoms with van der Waals surface area (Å²) in [6.45, 7) is 5.29. The first-order valence-electron chi connectivity index (χ1n) is 7.26. The van der Waals surface area contributed by atoms with Crippen molar-refractivity contribution in [2.24, 2.45) is 5.92 Å². The molecule has 1 unspecified atom stereocenters. The number of aromatic carboxylic acids is 1. The van der Waals surface area contributed by atoms with E-state index in [1.165, 1.54) is 26.4 Å². The van der Waals surface area contributed by atoms with Crippen molar-refractivity contribution in [2.45, 2.75) is 32.7 Å². The summed E-state index contributed by atoms with van der Waals surface area (Å²) in [5, 5.41) is 9.20. The van der Waals surface area contributed by atoms with Crippen LogP contribution in [0.25, 0.3) is 0 Å². The Kier molecular flexibility index (Phi) is 5.01. The molecule has 0 spiro atoms. The molecule has 1 aromatic rings. The zero-order valence-electron chi connectivity index (χ0n) is 12.3. The van der Waals surface area contributed by atoms with E-state index in [9.17, 15) is 9.90 Å². The second-order valence-corrected chi connectivity index (χ2v) is 5.52. The predicted molar refractivity (Wildman–Crippen MR) is 78.2 cm³/mol. The van der Waals surface area contributed by atoms with Crippen molar-refractivity contribution in [3.05, 3.63) is 29.3 Å². The van der Waals surface area contributed by atoms with Crippen LogP contribution < -0.4 is 4.74 Å². The molecule has 1 aliphatic rings. The van der Waals surface area contributed by atoms with E-state index in [1.807, 2.05) is 6.07 Å². The van der Waals surface area contributed by atoms with Gasteiger partial charge in [0.2, 0.25) is 0 Å². The minimum Gasteiger partial charge on any atom is -0.496 e. The van der Waals surface area contributed by atoms with Crippen LogP contribution in [0.5, 0.6) is 5.75 Å². The number of rotatable bonds is 6. The van der Waals surface area contributed by atoms with Gasteiger partial charge in [-0.2, -0.15) is 0 Å². The van der Waals surface area contributed by atoms with Gasteiger partial charge in [0.05, 0.1) is 7.11 Å². The summed E-state index contributed by atoms with van der Waals surface area (Å²) in [6.07, 6.45) is 3.79. The molecule has 0 bridgehead atoms. The molecule has 0 amide bonds. The molecule has 0 saturated carbocycles. The lowest BCUT2D eigenvalue weighted by Crippen LogP contribution is -2.20. The Morgan fingerprint density at radius 2 is 2.30 bits per heavy atom. The fraction of sp³-hybridized carbons (Fsp3) is 0.562. The first-order valence-corrected chi connectivity index (χ1v) is 7.26. The highest BCUT2D eigenvalue weighted by molar-refractivity contribution is 5.91. The van der Waals surface area contributed by atoms with Crippen molar-refractivity contribution in [3.63, 3.8) is 0 Å². The van der Waals surface area contributed by atoms with Gasteiger partial charge in [-0.3, -0.25) is 4.90 Å². The number of likely N-dealkylation sites (tertiary alicyclic amines) is 1. The van der Waals surface area contributed by atoms with Crippen LogP contribution in [-0.2, 0) is 6.54 Å². The summed E-state index contributed by atoms with van der Waals surface area (Å²) >= 11 is 0. The molecule has 0 radical (unpaired) electrons. The van der Waals surface area contributed by atoms with Crippen molar-refractivity contribution in [1.82, 2.24) is 4.90 Å². The first kappa shape index (κ1) is 14.9. The second-order valence-electron chi connectivity index (χ2n) is 5.52. The predicted octanol–water partition coefficient (Wildman–Crippen LogP) is 3.02. The molecule has 0 aromatic heterocycles. The SMILES string of the molecule is CCCC1CCN(Cc2ccc(OC)c(C(=O)O)c2)C1. The van der Waals surface area contributed by atoms with Crippen LogP contribution in [0.1, 0.15) is 42.1 Å². The fourth-order valence-electron chi connectivity index (χ4n) is 2.98. The van der Waals surface area contributed by atoms with Gasteiger partial charge in [0.25, 0.3) is 0 Å². The topological polar surface area (TPSA) is 49.8 Å². The highest BCUT2D eigenvalue weighted by Crippen LogP contribution is 2.25. The largest absolute Gasteiger partial charge is 0.496 e. The molecule has 1 heterocycles. The van der Waals surface area contributed by atoms with E-state index in [4.69, 9.17) is 4.74 Å². The average Bonchev–Trinajstić information content (AvgIpc) is 2.86. The van der Waals surface area contributed by atoms with Crippen LogP contribution in [0.4, 0.5) is 0 Å². The quantitative estimate of drug-likeness (QED) is 0.868. The van der Waals surface area contributed by atoms with E-state index >= 15 is 0 Å². The lowest BCUT2D eigenvalue weighted by molar-refractivity contribution is 0.0693. The van der Waals surface area contributed by atoms with E-state index in [0.717, 1.165) is 31.1 Å². The summed E-state index contributed by atoms with van der Waals surface area (Å²) in [6, 6.07) is 5.44. The Morgan fingerprint density at radius 1 is 1.50 bits per heavy atom. The van der Waals surface area contributed by atoms with Crippen molar-refractivity contribution >= 4 is 5.97 Å². The van der Waals surface area contributed by atoms with Crippen LogP contribution in [-0.4, -0.2) is 36.2 Å². The molecule has 4 heteroatoms. The summed E-state index contributed by atoms with van der Waals surface area (Å²) < 4.78 is 5.09. The number of hydrogen-bond acceptors (Lipinski definition) is 3. The lowest BCUT2D eigenvalue weighted by atomic mass is 10.0. The normalized spacial score (nSPS) is 19.2. The first-order chi connectivity index (χ1) is 9.63. The van der Waals surface area contributed by atoms with Crippen molar-refractivity contribution in [3.8, 4) is 5.75 Å². The second kappa shape index (κ2) is 6.75. The zero-order valence-corrected chi connectivity index (χ0v) is 12.3. The van der Waals surface area contributed by atoms with Gasteiger partial charge in [-0.15, -0.1) is 0 Å². The molecular formula is C16H23NO3. The molecule has 1 fully saturated rings. The molecule has 20 heavy (non-hydrogen) atoms. The van der Waals surface area contributed by atoms with E-state index in [-0.39, 0.29) is 5.56 Å². The van der Waals surface area contributed by atoms with E-state index in [1.54, 1.807) is 12.1 Å². The van der Waals surface area contributed by atoms with Crippen LogP contribution in [0.15, 0.2) is 18.2 Å². The Labute approximate surface area is 120 Å².